The van der Waals surface area contributed by atoms with Crippen LogP contribution in [0.3, 0.4) is 0 Å². The number of hydrogen-bond donors (Lipinski definition) is 1. The van der Waals surface area contributed by atoms with Gasteiger partial charge in [0.15, 0.2) is 5.78 Å². The van der Waals surface area contributed by atoms with Gasteiger partial charge in [0.1, 0.15) is 12.4 Å². The summed E-state index contributed by atoms with van der Waals surface area (Å²) in [5.41, 5.74) is 0.441. The molecule has 0 heterocycles. The van der Waals surface area contributed by atoms with Crippen molar-refractivity contribution in [3.05, 3.63) is 48.0 Å². The molecule has 0 bridgehead atoms. The largest absolute Gasteiger partial charge is 0.445 e. The molecule has 3 rings (SSSR count). The summed E-state index contributed by atoms with van der Waals surface area (Å²) in [4.78, 5) is 35.7. The Bertz CT molecular complexity index is 682. The van der Waals surface area contributed by atoms with Crippen molar-refractivity contribution in [3.8, 4) is 0 Å². The summed E-state index contributed by atoms with van der Waals surface area (Å²) in [6.45, 7) is 0.694. The van der Waals surface area contributed by atoms with Crippen LogP contribution in [0.4, 0.5) is 4.79 Å². The van der Waals surface area contributed by atoms with Gasteiger partial charge in [-0.3, -0.25) is 9.59 Å². The molecule has 5 nitrogen and oxygen atoms in total. The predicted molar refractivity (Wildman–Crippen MR) is 92.8 cm³/mol. The van der Waals surface area contributed by atoms with E-state index < -0.39 is 11.5 Å². The number of fused-ring (bicyclic) bond motifs is 1. The van der Waals surface area contributed by atoms with Crippen molar-refractivity contribution in [2.45, 2.75) is 38.7 Å². The first-order valence-corrected chi connectivity index (χ1v) is 8.80. The molecule has 2 aliphatic rings. The highest BCUT2D eigenvalue weighted by Crippen LogP contribution is 2.49. The number of hydrogen-bond acceptors (Lipinski definition) is 4. The summed E-state index contributed by atoms with van der Waals surface area (Å²) in [5, 5.41) is 2.73. The summed E-state index contributed by atoms with van der Waals surface area (Å²) in [6.07, 6.45) is 6.07. The molecule has 25 heavy (non-hydrogen) atoms. The number of benzene rings is 1. The molecule has 2 atom stereocenters. The number of amides is 1. The van der Waals surface area contributed by atoms with E-state index in [1.165, 1.54) is 0 Å². The lowest BCUT2D eigenvalue weighted by atomic mass is 9.69. The average molecular weight is 341 g/mol. The quantitative estimate of drug-likeness (QED) is 0.807. The van der Waals surface area contributed by atoms with Crippen LogP contribution >= 0.6 is 0 Å². The van der Waals surface area contributed by atoms with Gasteiger partial charge in [0.05, 0.1) is 5.41 Å². The molecule has 0 spiro atoms. The number of carbonyl (C=O) groups excluding carboxylic acids is 3. The Labute approximate surface area is 147 Å². The van der Waals surface area contributed by atoms with E-state index in [0.717, 1.165) is 12.0 Å². The van der Waals surface area contributed by atoms with Gasteiger partial charge in [0.25, 0.3) is 0 Å². The normalized spacial score (nSPS) is 24.9. The van der Waals surface area contributed by atoms with Crippen LogP contribution < -0.4 is 5.32 Å². The minimum absolute atomic E-state index is 0.109. The summed E-state index contributed by atoms with van der Waals surface area (Å²) in [5.74, 6) is 0.466. The molecule has 0 aliphatic heterocycles. The highest BCUT2D eigenvalue weighted by atomic mass is 16.5. The maximum atomic E-state index is 12.4. The number of allylic oxidation sites excluding steroid dienone is 2. The van der Waals surface area contributed by atoms with Gasteiger partial charge in [0, 0.05) is 19.4 Å². The molecule has 1 aromatic carbocycles. The van der Waals surface area contributed by atoms with Crippen molar-refractivity contribution in [1.82, 2.24) is 5.32 Å². The second kappa shape index (κ2) is 7.64. The standard InChI is InChI=1S/C20H23NO4/c22-17-9-11-20(16(13-17)7-8-18(20)23)10-4-12-21-19(24)25-14-15-5-2-1-3-6-15/h1-3,5-6,9,11,16H,4,7-8,10,12-14H2,(H,21,24)/t16-,20+/m1/s1. The van der Waals surface area contributed by atoms with E-state index in [1.54, 1.807) is 6.08 Å². The molecular weight excluding hydrogens is 318 g/mol. The van der Waals surface area contributed by atoms with Crippen LogP contribution in [-0.2, 0) is 20.9 Å². The number of nitrogens with one attached hydrogen (secondary N) is 1. The number of rotatable bonds is 6. The lowest BCUT2D eigenvalue weighted by molar-refractivity contribution is -0.126. The zero-order chi connectivity index (χ0) is 17.7. The third kappa shape index (κ3) is 3.98. The zero-order valence-corrected chi connectivity index (χ0v) is 14.2. The van der Waals surface area contributed by atoms with Crippen molar-refractivity contribution >= 4 is 17.7 Å². The van der Waals surface area contributed by atoms with Crippen molar-refractivity contribution < 1.29 is 19.1 Å². The first-order chi connectivity index (χ1) is 12.1. The number of ether oxygens (including phenoxy) is 1. The van der Waals surface area contributed by atoms with E-state index in [4.69, 9.17) is 4.74 Å². The topological polar surface area (TPSA) is 72.5 Å². The van der Waals surface area contributed by atoms with Crippen molar-refractivity contribution in [1.29, 1.82) is 0 Å². The Balaban J connectivity index is 1.43. The Morgan fingerprint density at radius 2 is 2.04 bits per heavy atom. The predicted octanol–water partition coefficient (Wildman–Crippen LogP) is 3.19. The molecule has 0 saturated heterocycles. The third-order valence-corrected chi connectivity index (χ3v) is 5.23. The highest BCUT2D eigenvalue weighted by molar-refractivity contribution is 5.97. The van der Waals surface area contributed by atoms with Crippen molar-refractivity contribution in [2.75, 3.05) is 6.54 Å². The maximum Gasteiger partial charge on any atom is 0.407 e. The Kier molecular flexibility index (Phi) is 5.31. The first-order valence-electron chi connectivity index (χ1n) is 8.80. The van der Waals surface area contributed by atoms with E-state index in [0.29, 0.717) is 32.2 Å². The molecule has 132 valence electrons. The summed E-state index contributed by atoms with van der Waals surface area (Å²) in [7, 11) is 0. The molecule has 0 unspecified atom stereocenters. The van der Waals surface area contributed by atoms with Crippen LogP contribution in [0.15, 0.2) is 42.5 Å². The molecule has 0 aromatic heterocycles. The molecule has 0 radical (unpaired) electrons. The van der Waals surface area contributed by atoms with Gasteiger partial charge in [-0.25, -0.2) is 4.79 Å². The Morgan fingerprint density at radius 3 is 2.84 bits per heavy atom. The van der Waals surface area contributed by atoms with Gasteiger partial charge >= 0.3 is 6.09 Å². The SMILES string of the molecule is O=C1C=C[C@]2(CCCNC(=O)OCc3ccccc3)C(=O)CC[C@@H]2C1. The fourth-order valence-electron chi connectivity index (χ4n) is 3.86. The number of Topliss-reactive ketones (excluding diaryl/α,β-unsaturated/α-hetero) is 1. The first kappa shape index (κ1) is 17.4. The van der Waals surface area contributed by atoms with Gasteiger partial charge in [-0.1, -0.05) is 36.4 Å². The second-order valence-electron chi connectivity index (χ2n) is 6.79. The van der Waals surface area contributed by atoms with Crippen molar-refractivity contribution in [2.24, 2.45) is 11.3 Å². The molecular formula is C20H23NO4. The smallest absolute Gasteiger partial charge is 0.407 e. The van der Waals surface area contributed by atoms with E-state index >= 15 is 0 Å². The lowest BCUT2D eigenvalue weighted by Crippen LogP contribution is -2.35. The van der Waals surface area contributed by atoms with Crippen LogP contribution in [0.5, 0.6) is 0 Å². The lowest BCUT2D eigenvalue weighted by Gasteiger charge is -2.33. The third-order valence-electron chi connectivity index (χ3n) is 5.23. The summed E-state index contributed by atoms with van der Waals surface area (Å²) >= 11 is 0. The minimum Gasteiger partial charge on any atom is -0.445 e. The van der Waals surface area contributed by atoms with Crippen molar-refractivity contribution in [3.63, 3.8) is 0 Å². The average Bonchev–Trinajstić information content (AvgIpc) is 2.94. The van der Waals surface area contributed by atoms with E-state index in [9.17, 15) is 14.4 Å². The second-order valence-corrected chi connectivity index (χ2v) is 6.79. The molecule has 2 aliphatic carbocycles. The molecule has 1 N–H and O–H groups in total. The fourth-order valence-corrected chi connectivity index (χ4v) is 3.86. The van der Waals surface area contributed by atoms with Crippen LogP contribution in [-0.4, -0.2) is 24.2 Å². The van der Waals surface area contributed by atoms with Crippen LogP contribution in [0.2, 0.25) is 0 Å². The Hall–Kier alpha value is -2.43. The van der Waals surface area contributed by atoms with Gasteiger partial charge in [-0.15, -0.1) is 0 Å². The molecule has 1 saturated carbocycles. The van der Waals surface area contributed by atoms with Crippen LogP contribution in [0.1, 0.15) is 37.7 Å². The van der Waals surface area contributed by atoms with Gasteiger partial charge in [-0.2, -0.15) is 0 Å². The molecule has 5 heteroatoms. The fraction of sp³-hybridized carbons (Fsp3) is 0.450. The van der Waals surface area contributed by atoms with E-state index in [1.807, 2.05) is 36.4 Å². The number of ketones is 2. The summed E-state index contributed by atoms with van der Waals surface area (Å²) < 4.78 is 5.16. The number of carbonyl (C=O) groups is 3. The highest BCUT2D eigenvalue weighted by Gasteiger charge is 2.49. The van der Waals surface area contributed by atoms with E-state index in [-0.39, 0.29) is 24.1 Å². The minimum atomic E-state index is -0.496. The molecule has 1 aromatic rings. The van der Waals surface area contributed by atoms with Gasteiger partial charge < -0.3 is 10.1 Å². The van der Waals surface area contributed by atoms with Gasteiger partial charge in [-0.05, 0) is 36.8 Å². The zero-order valence-electron chi connectivity index (χ0n) is 14.2. The van der Waals surface area contributed by atoms with E-state index in [2.05, 4.69) is 5.32 Å². The van der Waals surface area contributed by atoms with Gasteiger partial charge in [0.2, 0.25) is 0 Å². The molecule has 1 fully saturated rings. The monoisotopic (exact) mass is 341 g/mol. The van der Waals surface area contributed by atoms with Crippen LogP contribution in [0, 0.1) is 11.3 Å². The Morgan fingerprint density at radius 1 is 1.24 bits per heavy atom. The number of alkyl carbamates (subject to hydrolysis) is 1. The van der Waals surface area contributed by atoms with Crippen LogP contribution in [0.25, 0.3) is 0 Å². The molecule has 1 amide bonds. The maximum absolute atomic E-state index is 12.4. The summed E-state index contributed by atoms with van der Waals surface area (Å²) in [6, 6.07) is 9.50.